The number of nitrogens with one attached hydrogen (secondary N) is 1. The number of likely N-dealkylation sites (tertiary alicyclic amines) is 1. The van der Waals surface area contributed by atoms with Crippen molar-refractivity contribution in [3.8, 4) is 12.3 Å². The average Bonchev–Trinajstić information content (AvgIpc) is 2.32. The molecule has 96 valence electrons. The highest BCUT2D eigenvalue weighted by Gasteiger charge is 2.24. The van der Waals surface area contributed by atoms with E-state index in [1.54, 1.807) is 0 Å². The summed E-state index contributed by atoms with van der Waals surface area (Å²) in [5, 5.41) is 13.4. The molecule has 1 aliphatic heterocycles. The van der Waals surface area contributed by atoms with Gasteiger partial charge < -0.3 is 10.4 Å². The van der Waals surface area contributed by atoms with Gasteiger partial charge in [-0.15, -0.1) is 6.42 Å². The maximum absolute atomic E-state index is 9.65. The Morgan fingerprint density at radius 3 is 2.59 bits per heavy atom. The van der Waals surface area contributed by atoms with Crippen LogP contribution < -0.4 is 5.32 Å². The molecule has 2 aliphatic rings. The highest BCUT2D eigenvalue weighted by molar-refractivity contribution is 4.91. The molecule has 3 nitrogen and oxygen atoms in total. The van der Waals surface area contributed by atoms with Crippen LogP contribution in [-0.2, 0) is 0 Å². The van der Waals surface area contributed by atoms with Crippen molar-refractivity contribution in [2.45, 2.75) is 56.7 Å². The Labute approximate surface area is 105 Å². The molecule has 1 saturated heterocycles. The highest BCUT2D eigenvalue weighted by atomic mass is 16.3. The van der Waals surface area contributed by atoms with Crippen LogP contribution in [0.4, 0.5) is 0 Å². The Morgan fingerprint density at radius 1 is 1.18 bits per heavy atom. The monoisotopic (exact) mass is 236 g/mol. The molecule has 0 bridgehead atoms. The summed E-state index contributed by atoms with van der Waals surface area (Å²) in [4.78, 5) is 2.34. The van der Waals surface area contributed by atoms with Crippen molar-refractivity contribution >= 4 is 0 Å². The van der Waals surface area contributed by atoms with Gasteiger partial charge in [-0.1, -0.05) is 5.92 Å². The number of aliphatic hydroxyl groups excluding tert-OH is 1. The molecule has 0 aromatic rings. The summed E-state index contributed by atoms with van der Waals surface area (Å²) in [6, 6.07) is 1.15. The van der Waals surface area contributed by atoms with Crippen molar-refractivity contribution in [1.82, 2.24) is 10.2 Å². The van der Waals surface area contributed by atoms with Crippen LogP contribution in [0.1, 0.15) is 38.5 Å². The van der Waals surface area contributed by atoms with Crippen LogP contribution in [0, 0.1) is 12.3 Å². The van der Waals surface area contributed by atoms with E-state index in [9.17, 15) is 5.11 Å². The van der Waals surface area contributed by atoms with Crippen LogP contribution in [0.3, 0.4) is 0 Å². The van der Waals surface area contributed by atoms with Crippen LogP contribution in [-0.4, -0.2) is 47.8 Å². The fraction of sp³-hybridized carbons (Fsp3) is 0.857. The summed E-state index contributed by atoms with van der Waals surface area (Å²) >= 11 is 0. The molecule has 0 aromatic carbocycles. The van der Waals surface area contributed by atoms with Gasteiger partial charge in [0.05, 0.1) is 12.6 Å². The lowest BCUT2D eigenvalue weighted by Crippen LogP contribution is -2.48. The quantitative estimate of drug-likeness (QED) is 0.717. The molecule has 0 radical (unpaired) electrons. The molecule has 3 heteroatoms. The molecule has 0 amide bonds. The SMILES string of the molecule is C#CCN1CCC(NC2CCCC(O)C2)CC1. The van der Waals surface area contributed by atoms with Crippen LogP contribution in [0.5, 0.6) is 0 Å². The molecule has 1 heterocycles. The number of terminal acetylenes is 1. The van der Waals surface area contributed by atoms with Gasteiger partial charge in [-0.2, -0.15) is 0 Å². The maximum atomic E-state index is 9.65. The number of rotatable bonds is 3. The Morgan fingerprint density at radius 2 is 1.94 bits per heavy atom. The molecule has 17 heavy (non-hydrogen) atoms. The molecule has 2 N–H and O–H groups in total. The van der Waals surface area contributed by atoms with Gasteiger partial charge in [-0.3, -0.25) is 4.90 Å². The third-order valence-corrected chi connectivity index (χ3v) is 4.02. The lowest BCUT2D eigenvalue weighted by atomic mass is 9.91. The van der Waals surface area contributed by atoms with Gasteiger partial charge in [-0.25, -0.2) is 0 Å². The standard InChI is InChI=1S/C14H24N2O/c1-2-8-16-9-6-12(7-10-16)15-13-4-3-5-14(17)11-13/h1,12-15,17H,3-11H2. The topological polar surface area (TPSA) is 35.5 Å². The van der Waals surface area contributed by atoms with Crippen molar-refractivity contribution in [3.05, 3.63) is 0 Å². The number of piperidine rings is 1. The molecular formula is C14H24N2O. The molecule has 0 aromatic heterocycles. The number of hydrogen-bond donors (Lipinski definition) is 2. The van der Waals surface area contributed by atoms with Gasteiger partial charge in [0.15, 0.2) is 0 Å². The van der Waals surface area contributed by atoms with Crippen molar-refractivity contribution in [3.63, 3.8) is 0 Å². The summed E-state index contributed by atoms with van der Waals surface area (Å²) in [5.74, 6) is 2.71. The lowest BCUT2D eigenvalue weighted by Gasteiger charge is -2.35. The second-order valence-electron chi connectivity index (χ2n) is 5.44. The third kappa shape index (κ3) is 3.99. The van der Waals surface area contributed by atoms with Crippen LogP contribution >= 0.6 is 0 Å². The Kier molecular flexibility index (Phi) is 4.85. The van der Waals surface area contributed by atoms with Gasteiger partial charge in [0.2, 0.25) is 0 Å². The first-order valence-corrected chi connectivity index (χ1v) is 6.88. The average molecular weight is 236 g/mol. The van der Waals surface area contributed by atoms with E-state index in [4.69, 9.17) is 6.42 Å². The molecule has 1 saturated carbocycles. The second kappa shape index (κ2) is 6.39. The minimum Gasteiger partial charge on any atom is -0.393 e. The molecule has 1 aliphatic carbocycles. The van der Waals surface area contributed by atoms with E-state index in [1.165, 1.54) is 19.3 Å². The highest BCUT2D eigenvalue weighted by Crippen LogP contribution is 2.20. The molecule has 2 rings (SSSR count). The predicted octanol–water partition coefficient (Wildman–Crippen LogP) is 0.977. The van der Waals surface area contributed by atoms with Gasteiger partial charge in [0, 0.05) is 25.2 Å². The normalized spacial score (nSPS) is 32.2. The first kappa shape index (κ1) is 12.9. The molecule has 2 fully saturated rings. The number of nitrogens with zero attached hydrogens (tertiary/aromatic N) is 1. The van der Waals surface area contributed by atoms with Crippen molar-refractivity contribution in [2.75, 3.05) is 19.6 Å². The Bertz CT molecular complexity index is 266. The molecule has 2 atom stereocenters. The minimum absolute atomic E-state index is 0.0808. The largest absolute Gasteiger partial charge is 0.393 e. The summed E-state index contributed by atoms with van der Waals surface area (Å²) in [6.07, 6.45) is 11.9. The first-order chi connectivity index (χ1) is 8.28. The van der Waals surface area contributed by atoms with Gasteiger partial charge in [-0.05, 0) is 38.5 Å². The van der Waals surface area contributed by atoms with E-state index in [0.717, 1.165) is 38.9 Å². The second-order valence-corrected chi connectivity index (χ2v) is 5.44. The number of hydrogen-bond acceptors (Lipinski definition) is 3. The van der Waals surface area contributed by atoms with Gasteiger partial charge >= 0.3 is 0 Å². The fourth-order valence-corrected chi connectivity index (χ4v) is 3.04. The fourth-order valence-electron chi connectivity index (χ4n) is 3.04. The minimum atomic E-state index is -0.0808. The van der Waals surface area contributed by atoms with E-state index in [0.29, 0.717) is 12.1 Å². The zero-order valence-corrected chi connectivity index (χ0v) is 10.6. The Hall–Kier alpha value is -0.560. The third-order valence-electron chi connectivity index (χ3n) is 4.02. The molecular weight excluding hydrogens is 212 g/mol. The van der Waals surface area contributed by atoms with Crippen molar-refractivity contribution < 1.29 is 5.11 Å². The van der Waals surface area contributed by atoms with Crippen LogP contribution in [0.15, 0.2) is 0 Å². The summed E-state index contributed by atoms with van der Waals surface area (Å²) in [5.41, 5.74) is 0. The molecule has 0 spiro atoms. The van der Waals surface area contributed by atoms with Crippen molar-refractivity contribution in [1.29, 1.82) is 0 Å². The number of aliphatic hydroxyl groups is 1. The lowest BCUT2D eigenvalue weighted by molar-refractivity contribution is 0.103. The van der Waals surface area contributed by atoms with E-state index in [1.807, 2.05) is 0 Å². The molecule has 2 unspecified atom stereocenters. The summed E-state index contributed by atoms with van der Waals surface area (Å²) < 4.78 is 0. The summed E-state index contributed by atoms with van der Waals surface area (Å²) in [6.45, 7) is 3.00. The van der Waals surface area contributed by atoms with Crippen LogP contribution in [0.2, 0.25) is 0 Å². The van der Waals surface area contributed by atoms with Gasteiger partial charge in [0.25, 0.3) is 0 Å². The predicted molar refractivity (Wildman–Crippen MR) is 69.7 cm³/mol. The van der Waals surface area contributed by atoms with Crippen molar-refractivity contribution in [2.24, 2.45) is 0 Å². The van der Waals surface area contributed by atoms with Gasteiger partial charge in [0.1, 0.15) is 0 Å². The summed E-state index contributed by atoms with van der Waals surface area (Å²) in [7, 11) is 0. The zero-order valence-electron chi connectivity index (χ0n) is 10.6. The Balaban J connectivity index is 1.69. The van der Waals surface area contributed by atoms with E-state index < -0.39 is 0 Å². The van der Waals surface area contributed by atoms with E-state index in [-0.39, 0.29) is 6.10 Å². The zero-order chi connectivity index (χ0) is 12.1. The van der Waals surface area contributed by atoms with E-state index >= 15 is 0 Å². The smallest absolute Gasteiger partial charge is 0.0598 e. The maximum Gasteiger partial charge on any atom is 0.0598 e. The van der Waals surface area contributed by atoms with E-state index in [2.05, 4.69) is 16.1 Å². The van der Waals surface area contributed by atoms with Crippen LogP contribution in [0.25, 0.3) is 0 Å². The first-order valence-electron chi connectivity index (χ1n) is 6.88.